The van der Waals surface area contributed by atoms with E-state index in [0.29, 0.717) is 11.3 Å². The zero-order valence-electron chi connectivity index (χ0n) is 18.0. The molecule has 0 saturated heterocycles. The van der Waals surface area contributed by atoms with E-state index < -0.39 is 21.9 Å². The molecule has 0 saturated carbocycles. The number of primary sulfonamides is 1. The van der Waals surface area contributed by atoms with Crippen molar-refractivity contribution in [3.63, 3.8) is 0 Å². The van der Waals surface area contributed by atoms with E-state index in [1.54, 1.807) is 30.3 Å². The maximum Gasteiger partial charge on any atom is 0.433 e. The Morgan fingerprint density at radius 2 is 1.56 bits per heavy atom. The molecular formula is C24H20F3N3O3S. The Labute approximate surface area is 194 Å². The number of aromatic nitrogens is 2. The lowest BCUT2D eigenvalue weighted by atomic mass is 9.98. The van der Waals surface area contributed by atoms with Crippen LogP contribution >= 0.6 is 0 Å². The highest BCUT2D eigenvalue weighted by atomic mass is 32.2. The molecule has 0 fully saturated rings. The zero-order chi connectivity index (χ0) is 24.5. The van der Waals surface area contributed by atoms with Gasteiger partial charge in [0, 0.05) is 11.1 Å². The number of benzene rings is 3. The summed E-state index contributed by atoms with van der Waals surface area (Å²) in [5, 5.41) is 9.66. The van der Waals surface area contributed by atoms with E-state index >= 15 is 0 Å². The van der Waals surface area contributed by atoms with Crippen LogP contribution in [-0.4, -0.2) is 25.3 Å². The van der Waals surface area contributed by atoms with Crippen molar-refractivity contribution in [2.75, 3.05) is 7.11 Å². The molecule has 0 aliphatic carbocycles. The number of nitrogens with zero attached hydrogens (tertiary/aromatic N) is 2. The molecule has 0 spiro atoms. The van der Waals surface area contributed by atoms with E-state index in [1.165, 1.54) is 55.6 Å². The van der Waals surface area contributed by atoms with Gasteiger partial charge in [0.1, 0.15) is 11.4 Å². The van der Waals surface area contributed by atoms with Crippen molar-refractivity contribution >= 4 is 10.0 Å². The van der Waals surface area contributed by atoms with Crippen molar-refractivity contribution in [1.29, 1.82) is 0 Å². The van der Waals surface area contributed by atoms with Crippen LogP contribution in [0.15, 0.2) is 83.8 Å². The summed E-state index contributed by atoms with van der Waals surface area (Å²) in [6.45, 7) is -0.170. The standard InChI is InChI=1S/C24H20F3N3O3S/c1-33-18-13-11-17(12-14-18)21-22(19-9-5-6-10-20(19)34(28,31)32)29-30(23(21)24(25,26)27)15-16-7-3-2-4-8-16/h2-14H,15H2,1H3,(H2,28,31,32). The number of nitrogens with two attached hydrogens (primary N) is 1. The molecule has 34 heavy (non-hydrogen) atoms. The van der Waals surface area contributed by atoms with E-state index in [1.807, 2.05) is 0 Å². The highest BCUT2D eigenvalue weighted by molar-refractivity contribution is 7.89. The summed E-state index contributed by atoms with van der Waals surface area (Å²) < 4.78 is 73.9. The molecule has 0 amide bonds. The first-order valence-corrected chi connectivity index (χ1v) is 11.6. The van der Waals surface area contributed by atoms with E-state index in [0.717, 1.165) is 4.68 Å². The first kappa shape index (κ1) is 23.5. The van der Waals surface area contributed by atoms with Gasteiger partial charge in [0.15, 0.2) is 5.69 Å². The summed E-state index contributed by atoms with van der Waals surface area (Å²) in [5.74, 6) is 0.459. The summed E-state index contributed by atoms with van der Waals surface area (Å²) in [5.41, 5.74) is -0.608. The summed E-state index contributed by atoms with van der Waals surface area (Å²) in [6, 6.07) is 20.2. The smallest absolute Gasteiger partial charge is 0.433 e. The Kier molecular flexibility index (Phi) is 6.20. The van der Waals surface area contributed by atoms with Gasteiger partial charge < -0.3 is 4.74 Å². The Morgan fingerprint density at radius 3 is 2.15 bits per heavy atom. The maximum absolute atomic E-state index is 14.5. The van der Waals surface area contributed by atoms with Crippen molar-refractivity contribution < 1.29 is 26.3 Å². The second kappa shape index (κ2) is 8.96. The SMILES string of the molecule is COc1ccc(-c2c(-c3ccccc3S(N)(=O)=O)nn(Cc3ccccc3)c2C(F)(F)F)cc1. The molecule has 1 aromatic heterocycles. The van der Waals surface area contributed by atoms with E-state index in [9.17, 15) is 21.6 Å². The fourth-order valence-electron chi connectivity index (χ4n) is 3.75. The molecule has 3 aromatic carbocycles. The summed E-state index contributed by atoms with van der Waals surface area (Å²) in [4.78, 5) is -0.317. The highest BCUT2D eigenvalue weighted by Crippen LogP contribution is 2.44. The number of hydrogen-bond donors (Lipinski definition) is 1. The summed E-state index contributed by atoms with van der Waals surface area (Å²) >= 11 is 0. The van der Waals surface area contributed by atoms with Crippen LogP contribution in [0.3, 0.4) is 0 Å². The highest BCUT2D eigenvalue weighted by Gasteiger charge is 2.41. The molecule has 10 heteroatoms. The molecule has 0 atom stereocenters. The normalized spacial score (nSPS) is 12.0. The molecule has 2 N–H and O–H groups in total. The number of ether oxygens (including phenoxy) is 1. The van der Waals surface area contributed by atoms with Crippen LogP contribution in [0.4, 0.5) is 13.2 Å². The Bertz CT molecular complexity index is 1420. The average molecular weight is 488 g/mol. The minimum absolute atomic E-state index is 0.0203. The molecule has 0 radical (unpaired) electrons. The fourth-order valence-corrected chi connectivity index (χ4v) is 4.49. The van der Waals surface area contributed by atoms with Crippen molar-refractivity contribution in [2.45, 2.75) is 17.6 Å². The van der Waals surface area contributed by atoms with Crippen molar-refractivity contribution in [2.24, 2.45) is 5.14 Å². The first-order valence-electron chi connectivity index (χ1n) is 10.1. The predicted molar refractivity (Wildman–Crippen MR) is 122 cm³/mol. The van der Waals surface area contributed by atoms with Crippen LogP contribution in [0.25, 0.3) is 22.4 Å². The summed E-state index contributed by atoms with van der Waals surface area (Å²) in [7, 11) is -2.79. The minimum Gasteiger partial charge on any atom is -0.497 e. The zero-order valence-corrected chi connectivity index (χ0v) is 18.8. The van der Waals surface area contributed by atoms with Gasteiger partial charge in [0.2, 0.25) is 10.0 Å². The molecule has 0 unspecified atom stereocenters. The average Bonchev–Trinajstić information content (AvgIpc) is 3.19. The van der Waals surface area contributed by atoms with Crippen LogP contribution in [-0.2, 0) is 22.7 Å². The lowest BCUT2D eigenvalue weighted by Crippen LogP contribution is -2.16. The third-order valence-corrected chi connectivity index (χ3v) is 6.19. The minimum atomic E-state index is -4.79. The third-order valence-electron chi connectivity index (χ3n) is 5.22. The fraction of sp³-hybridized carbons (Fsp3) is 0.125. The van der Waals surface area contributed by atoms with Crippen LogP contribution in [0.2, 0.25) is 0 Å². The van der Waals surface area contributed by atoms with Crippen LogP contribution in [0.5, 0.6) is 5.75 Å². The van der Waals surface area contributed by atoms with Gasteiger partial charge in [0.25, 0.3) is 0 Å². The van der Waals surface area contributed by atoms with Crippen molar-refractivity contribution in [1.82, 2.24) is 9.78 Å². The van der Waals surface area contributed by atoms with Gasteiger partial charge in [-0.25, -0.2) is 13.6 Å². The number of hydrogen-bond acceptors (Lipinski definition) is 4. The van der Waals surface area contributed by atoms with E-state index in [2.05, 4.69) is 5.10 Å². The Morgan fingerprint density at radius 1 is 0.941 bits per heavy atom. The van der Waals surface area contributed by atoms with Gasteiger partial charge in [-0.15, -0.1) is 0 Å². The molecule has 1 heterocycles. The lowest BCUT2D eigenvalue weighted by molar-refractivity contribution is -0.143. The van der Waals surface area contributed by atoms with Gasteiger partial charge in [0.05, 0.1) is 18.6 Å². The van der Waals surface area contributed by atoms with Gasteiger partial charge in [-0.1, -0.05) is 60.7 Å². The number of halogens is 3. The summed E-state index contributed by atoms with van der Waals surface area (Å²) in [6.07, 6.45) is -4.79. The van der Waals surface area contributed by atoms with Crippen molar-refractivity contribution in [3.05, 3.63) is 90.1 Å². The first-order chi connectivity index (χ1) is 16.1. The van der Waals surface area contributed by atoms with E-state index in [-0.39, 0.29) is 33.8 Å². The monoisotopic (exact) mass is 487 g/mol. The number of sulfonamides is 1. The van der Waals surface area contributed by atoms with Gasteiger partial charge >= 0.3 is 6.18 Å². The second-order valence-electron chi connectivity index (χ2n) is 7.48. The van der Waals surface area contributed by atoms with Crippen LogP contribution in [0, 0.1) is 0 Å². The molecular weight excluding hydrogens is 467 g/mol. The molecule has 176 valence electrons. The van der Waals surface area contributed by atoms with Gasteiger partial charge in [-0.05, 0) is 29.3 Å². The van der Waals surface area contributed by atoms with Crippen LogP contribution in [0.1, 0.15) is 11.3 Å². The molecule has 0 aliphatic heterocycles. The van der Waals surface area contributed by atoms with Crippen LogP contribution < -0.4 is 9.88 Å². The molecule has 6 nitrogen and oxygen atoms in total. The third kappa shape index (κ3) is 4.68. The Hall–Kier alpha value is -3.63. The predicted octanol–water partition coefficient (Wildman–Crippen LogP) is 4.94. The number of methoxy groups -OCH3 is 1. The van der Waals surface area contributed by atoms with E-state index in [4.69, 9.17) is 9.88 Å². The lowest BCUT2D eigenvalue weighted by Gasteiger charge is -2.14. The molecule has 0 bridgehead atoms. The quantitative estimate of drug-likeness (QED) is 0.417. The topological polar surface area (TPSA) is 87.2 Å². The second-order valence-corrected chi connectivity index (χ2v) is 9.01. The largest absolute Gasteiger partial charge is 0.497 e. The number of alkyl halides is 3. The Balaban J connectivity index is 2.06. The maximum atomic E-state index is 14.5. The molecule has 4 rings (SSSR count). The molecule has 0 aliphatic rings. The van der Waals surface area contributed by atoms with Crippen molar-refractivity contribution in [3.8, 4) is 28.1 Å². The van der Waals surface area contributed by atoms with Gasteiger partial charge in [-0.2, -0.15) is 18.3 Å². The number of rotatable bonds is 6. The van der Waals surface area contributed by atoms with Gasteiger partial charge in [-0.3, -0.25) is 4.68 Å². The molecule has 4 aromatic rings.